The number of aromatic nitrogens is 4. The maximum Gasteiger partial charge on any atom is 0.258 e. The Balaban J connectivity index is 1.11. The van der Waals surface area contributed by atoms with Gasteiger partial charge in [-0.05, 0) is 36.4 Å². The molecule has 0 spiro atoms. The van der Waals surface area contributed by atoms with E-state index in [0.29, 0.717) is 30.2 Å². The van der Waals surface area contributed by atoms with Crippen molar-refractivity contribution in [3.63, 3.8) is 0 Å². The SMILES string of the molecule is O=C(c1ccc(-n2cnc3ccccc32)cc1)N1CCN(Cc2cc(=O)n3ccsc3n2)CC1. The molecule has 0 bridgehead atoms. The van der Waals surface area contributed by atoms with Crippen molar-refractivity contribution in [2.75, 3.05) is 26.2 Å². The molecule has 170 valence electrons. The van der Waals surface area contributed by atoms with Gasteiger partial charge in [-0.25, -0.2) is 9.97 Å². The van der Waals surface area contributed by atoms with Gasteiger partial charge in [0.1, 0.15) is 6.33 Å². The van der Waals surface area contributed by atoms with E-state index in [9.17, 15) is 9.59 Å². The van der Waals surface area contributed by atoms with E-state index in [1.807, 2.05) is 63.4 Å². The van der Waals surface area contributed by atoms with Gasteiger partial charge in [-0.15, -0.1) is 11.3 Å². The number of carbonyl (C=O) groups excluding carboxylic acids is 1. The Morgan fingerprint density at radius 2 is 1.79 bits per heavy atom. The molecule has 9 heteroatoms. The van der Waals surface area contributed by atoms with Crippen LogP contribution < -0.4 is 5.56 Å². The lowest BCUT2D eigenvalue weighted by Crippen LogP contribution is -2.48. The molecule has 0 unspecified atom stereocenters. The number of carbonyl (C=O) groups is 1. The third-order valence-corrected chi connectivity index (χ3v) is 7.00. The van der Waals surface area contributed by atoms with Gasteiger partial charge in [0, 0.05) is 61.6 Å². The highest BCUT2D eigenvalue weighted by molar-refractivity contribution is 7.15. The van der Waals surface area contributed by atoms with E-state index in [2.05, 4.69) is 14.9 Å². The number of benzene rings is 2. The van der Waals surface area contributed by atoms with Gasteiger partial charge in [-0.1, -0.05) is 12.1 Å². The number of imidazole rings is 1. The second-order valence-electron chi connectivity index (χ2n) is 8.36. The molecule has 1 aliphatic rings. The molecule has 0 atom stereocenters. The van der Waals surface area contributed by atoms with Crippen LogP contribution in [0.3, 0.4) is 0 Å². The largest absolute Gasteiger partial charge is 0.336 e. The summed E-state index contributed by atoms with van der Waals surface area (Å²) in [6.07, 6.45) is 3.55. The average Bonchev–Trinajstić information content (AvgIpc) is 3.52. The zero-order valence-corrected chi connectivity index (χ0v) is 19.2. The smallest absolute Gasteiger partial charge is 0.258 e. The Morgan fingerprint density at radius 3 is 2.62 bits per heavy atom. The maximum absolute atomic E-state index is 13.1. The second kappa shape index (κ2) is 8.51. The first-order valence-electron chi connectivity index (χ1n) is 11.2. The number of para-hydroxylation sites is 2. The Hall–Kier alpha value is -3.82. The number of hydrogen-bond acceptors (Lipinski definition) is 6. The number of nitrogens with zero attached hydrogens (tertiary/aromatic N) is 6. The van der Waals surface area contributed by atoms with Gasteiger partial charge in [0.25, 0.3) is 11.5 Å². The Kier molecular flexibility index (Phi) is 5.20. The van der Waals surface area contributed by atoms with Gasteiger partial charge in [0.05, 0.1) is 16.7 Å². The number of piperazine rings is 1. The summed E-state index contributed by atoms with van der Waals surface area (Å²) >= 11 is 1.46. The summed E-state index contributed by atoms with van der Waals surface area (Å²) in [6.45, 7) is 3.39. The molecule has 34 heavy (non-hydrogen) atoms. The molecule has 3 aromatic heterocycles. The molecule has 5 aromatic rings. The van der Waals surface area contributed by atoms with Crippen molar-refractivity contribution in [1.29, 1.82) is 0 Å². The summed E-state index contributed by atoms with van der Waals surface area (Å²) in [5.41, 5.74) is 4.35. The molecule has 1 fully saturated rings. The summed E-state index contributed by atoms with van der Waals surface area (Å²) < 4.78 is 3.58. The Morgan fingerprint density at radius 1 is 1.00 bits per heavy atom. The van der Waals surface area contributed by atoms with E-state index in [-0.39, 0.29) is 11.5 Å². The van der Waals surface area contributed by atoms with Crippen molar-refractivity contribution in [1.82, 2.24) is 28.7 Å². The lowest BCUT2D eigenvalue weighted by Gasteiger charge is -2.34. The van der Waals surface area contributed by atoms with Gasteiger partial charge in [0.15, 0.2) is 4.96 Å². The van der Waals surface area contributed by atoms with Gasteiger partial charge < -0.3 is 4.90 Å². The van der Waals surface area contributed by atoms with Crippen LogP contribution in [0.1, 0.15) is 16.1 Å². The van der Waals surface area contributed by atoms with Crippen LogP contribution in [0.4, 0.5) is 0 Å². The average molecular weight is 471 g/mol. The molecule has 1 amide bonds. The molecule has 2 aromatic carbocycles. The third-order valence-electron chi connectivity index (χ3n) is 6.25. The monoisotopic (exact) mass is 470 g/mol. The van der Waals surface area contributed by atoms with Crippen molar-refractivity contribution < 1.29 is 4.79 Å². The van der Waals surface area contributed by atoms with Crippen LogP contribution in [0, 0.1) is 0 Å². The second-order valence-corrected chi connectivity index (χ2v) is 9.23. The predicted octanol–water partition coefficient (Wildman–Crippen LogP) is 3.05. The fourth-order valence-corrected chi connectivity index (χ4v) is 5.16. The molecule has 1 saturated heterocycles. The van der Waals surface area contributed by atoms with Crippen molar-refractivity contribution in [3.8, 4) is 5.69 Å². The fourth-order valence-electron chi connectivity index (χ4n) is 4.42. The normalized spacial score (nSPS) is 14.8. The van der Waals surface area contributed by atoms with Gasteiger partial charge in [0.2, 0.25) is 0 Å². The quantitative estimate of drug-likeness (QED) is 0.404. The van der Waals surface area contributed by atoms with Gasteiger partial charge in [-0.3, -0.25) is 23.5 Å². The first kappa shape index (κ1) is 20.8. The maximum atomic E-state index is 13.1. The van der Waals surface area contributed by atoms with Crippen LogP contribution in [0.2, 0.25) is 0 Å². The molecule has 0 N–H and O–H groups in total. The van der Waals surface area contributed by atoms with E-state index in [0.717, 1.165) is 35.5 Å². The lowest BCUT2D eigenvalue weighted by atomic mass is 10.1. The minimum Gasteiger partial charge on any atom is -0.336 e. The number of hydrogen-bond donors (Lipinski definition) is 0. The molecule has 8 nitrogen and oxygen atoms in total. The van der Waals surface area contributed by atoms with Crippen molar-refractivity contribution >= 4 is 33.2 Å². The third kappa shape index (κ3) is 3.78. The molecule has 4 heterocycles. The minimum atomic E-state index is -0.0535. The lowest BCUT2D eigenvalue weighted by molar-refractivity contribution is 0.0627. The molecular weight excluding hydrogens is 448 g/mol. The van der Waals surface area contributed by atoms with Crippen LogP contribution in [0.25, 0.3) is 21.7 Å². The van der Waals surface area contributed by atoms with E-state index in [1.165, 1.54) is 11.3 Å². The first-order valence-corrected chi connectivity index (χ1v) is 12.0. The van der Waals surface area contributed by atoms with Crippen LogP contribution in [0.15, 0.2) is 77.3 Å². The number of amides is 1. The van der Waals surface area contributed by atoms with E-state index < -0.39 is 0 Å². The first-order chi connectivity index (χ1) is 16.7. The number of rotatable bonds is 4. The topological polar surface area (TPSA) is 75.7 Å². The van der Waals surface area contributed by atoms with Crippen molar-refractivity contribution in [2.24, 2.45) is 0 Å². The molecular formula is C25H22N6O2S. The molecule has 0 aliphatic carbocycles. The van der Waals surface area contributed by atoms with Gasteiger partial charge in [-0.2, -0.15) is 0 Å². The zero-order chi connectivity index (χ0) is 23.1. The van der Waals surface area contributed by atoms with Crippen LogP contribution in [0.5, 0.6) is 0 Å². The van der Waals surface area contributed by atoms with E-state index in [4.69, 9.17) is 0 Å². The fraction of sp³-hybridized carbons (Fsp3) is 0.200. The highest BCUT2D eigenvalue weighted by Gasteiger charge is 2.23. The predicted molar refractivity (Wildman–Crippen MR) is 132 cm³/mol. The summed E-state index contributed by atoms with van der Waals surface area (Å²) in [5.74, 6) is 0.0399. The summed E-state index contributed by atoms with van der Waals surface area (Å²) in [6, 6.07) is 17.3. The van der Waals surface area contributed by atoms with Crippen molar-refractivity contribution in [2.45, 2.75) is 6.54 Å². The molecule has 6 rings (SSSR count). The van der Waals surface area contributed by atoms with Crippen LogP contribution in [-0.4, -0.2) is 60.8 Å². The summed E-state index contributed by atoms with van der Waals surface area (Å²) in [5, 5.41) is 1.86. The van der Waals surface area contributed by atoms with E-state index in [1.54, 1.807) is 23.0 Å². The highest BCUT2D eigenvalue weighted by atomic mass is 32.1. The standard InChI is InChI=1S/C25H22N6O2S/c32-23-15-19(27-25-30(23)13-14-34-25)16-28-9-11-29(12-10-28)24(33)18-5-7-20(8-6-18)31-17-26-21-3-1-2-4-22(21)31/h1-8,13-15,17H,9-12,16H2. The molecule has 0 radical (unpaired) electrons. The van der Waals surface area contributed by atoms with E-state index >= 15 is 0 Å². The summed E-state index contributed by atoms with van der Waals surface area (Å²) in [7, 11) is 0. The van der Waals surface area contributed by atoms with Crippen LogP contribution in [-0.2, 0) is 6.54 Å². The highest BCUT2D eigenvalue weighted by Crippen LogP contribution is 2.19. The number of fused-ring (bicyclic) bond motifs is 2. The number of thiazole rings is 1. The van der Waals surface area contributed by atoms with Crippen molar-refractivity contribution in [3.05, 3.63) is 94.1 Å². The molecule has 0 saturated carbocycles. The molecule has 1 aliphatic heterocycles. The minimum absolute atomic E-state index is 0.0399. The zero-order valence-electron chi connectivity index (χ0n) is 18.4. The summed E-state index contributed by atoms with van der Waals surface area (Å²) in [4.78, 5) is 39.2. The Bertz CT molecular complexity index is 1540. The van der Waals surface area contributed by atoms with Crippen LogP contribution >= 0.6 is 11.3 Å². The Labute approximate surface area is 199 Å². The van der Waals surface area contributed by atoms with Gasteiger partial charge >= 0.3 is 0 Å².